The second-order valence-electron chi connectivity index (χ2n) is 5.23. The maximum atomic E-state index is 10.5. The standard InChI is InChI=1S/C17H19NO3/c1-20-17-14(6-4-9-18-17)15(19)11-12-8-10-21-16-7-3-2-5-13(12)16/h2-7,9,12,15,19H,8,10-11H2,1H3. The summed E-state index contributed by atoms with van der Waals surface area (Å²) >= 11 is 0. The summed E-state index contributed by atoms with van der Waals surface area (Å²) in [6.07, 6.45) is 2.63. The molecule has 21 heavy (non-hydrogen) atoms. The zero-order valence-electron chi connectivity index (χ0n) is 12.0. The molecule has 1 aliphatic heterocycles. The first-order chi connectivity index (χ1) is 10.3. The maximum Gasteiger partial charge on any atom is 0.218 e. The molecule has 0 bridgehead atoms. The van der Waals surface area contributed by atoms with E-state index < -0.39 is 6.10 Å². The number of rotatable bonds is 4. The Hall–Kier alpha value is -2.07. The molecule has 2 aromatic rings. The maximum absolute atomic E-state index is 10.5. The number of benzene rings is 1. The molecule has 110 valence electrons. The van der Waals surface area contributed by atoms with E-state index in [4.69, 9.17) is 9.47 Å². The lowest BCUT2D eigenvalue weighted by Gasteiger charge is -2.27. The molecule has 1 N–H and O–H groups in total. The van der Waals surface area contributed by atoms with Crippen LogP contribution in [0.15, 0.2) is 42.6 Å². The fraction of sp³-hybridized carbons (Fsp3) is 0.353. The van der Waals surface area contributed by atoms with Crippen LogP contribution in [0.25, 0.3) is 0 Å². The van der Waals surface area contributed by atoms with E-state index in [2.05, 4.69) is 11.1 Å². The monoisotopic (exact) mass is 285 g/mol. The number of aromatic nitrogens is 1. The van der Waals surface area contributed by atoms with Crippen molar-refractivity contribution >= 4 is 0 Å². The first kappa shape index (κ1) is 13.9. The van der Waals surface area contributed by atoms with Crippen LogP contribution in [-0.4, -0.2) is 23.8 Å². The molecule has 1 aliphatic rings. The van der Waals surface area contributed by atoms with E-state index in [-0.39, 0.29) is 5.92 Å². The topological polar surface area (TPSA) is 51.6 Å². The first-order valence-corrected chi connectivity index (χ1v) is 7.18. The van der Waals surface area contributed by atoms with E-state index in [1.807, 2.05) is 30.3 Å². The Kier molecular flexibility index (Phi) is 4.06. The Bertz CT molecular complexity index is 614. The number of para-hydroxylation sites is 1. The molecule has 0 saturated carbocycles. The van der Waals surface area contributed by atoms with Crippen LogP contribution >= 0.6 is 0 Å². The van der Waals surface area contributed by atoms with E-state index in [1.165, 1.54) is 5.56 Å². The lowest BCUT2D eigenvalue weighted by Crippen LogP contribution is -2.16. The molecule has 0 saturated heterocycles. The van der Waals surface area contributed by atoms with Crippen molar-refractivity contribution in [3.8, 4) is 11.6 Å². The van der Waals surface area contributed by atoms with Gasteiger partial charge >= 0.3 is 0 Å². The van der Waals surface area contributed by atoms with Crippen LogP contribution < -0.4 is 9.47 Å². The number of pyridine rings is 1. The average Bonchev–Trinajstić information content (AvgIpc) is 2.55. The van der Waals surface area contributed by atoms with Crippen molar-refractivity contribution < 1.29 is 14.6 Å². The highest BCUT2D eigenvalue weighted by molar-refractivity contribution is 5.38. The van der Waals surface area contributed by atoms with E-state index in [9.17, 15) is 5.11 Å². The smallest absolute Gasteiger partial charge is 0.218 e. The Labute approximate surface area is 124 Å². The minimum Gasteiger partial charge on any atom is -0.493 e. The van der Waals surface area contributed by atoms with Gasteiger partial charge in [0.25, 0.3) is 0 Å². The van der Waals surface area contributed by atoms with Gasteiger partial charge in [0, 0.05) is 11.8 Å². The molecule has 4 nitrogen and oxygen atoms in total. The van der Waals surface area contributed by atoms with Gasteiger partial charge in [0.05, 0.1) is 19.8 Å². The number of aliphatic hydroxyl groups excluding tert-OH is 1. The second-order valence-corrected chi connectivity index (χ2v) is 5.23. The molecule has 0 spiro atoms. The van der Waals surface area contributed by atoms with Crippen molar-refractivity contribution in [1.29, 1.82) is 0 Å². The summed E-state index contributed by atoms with van der Waals surface area (Å²) in [5.41, 5.74) is 1.91. The van der Waals surface area contributed by atoms with Gasteiger partial charge in [-0.3, -0.25) is 0 Å². The van der Waals surface area contributed by atoms with E-state index in [0.29, 0.717) is 18.9 Å². The third kappa shape index (κ3) is 2.85. The summed E-state index contributed by atoms with van der Waals surface area (Å²) in [7, 11) is 1.57. The van der Waals surface area contributed by atoms with Crippen LogP contribution in [0, 0.1) is 0 Å². The van der Waals surface area contributed by atoms with Crippen LogP contribution in [0.4, 0.5) is 0 Å². The predicted octanol–water partition coefficient (Wildman–Crippen LogP) is 3.08. The van der Waals surface area contributed by atoms with Crippen LogP contribution in [0.3, 0.4) is 0 Å². The van der Waals surface area contributed by atoms with Crippen LogP contribution in [0.2, 0.25) is 0 Å². The van der Waals surface area contributed by atoms with Gasteiger partial charge in [-0.05, 0) is 42.5 Å². The molecule has 0 aliphatic carbocycles. The van der Waals surface area contributed by atoms with Gasteiger partial charge in [-0.1, -0.05) is 18.2 Å². The van der Waals surface area contributed by atoms with Gasteiger partial charge in [-0.2, -0.15) is 0 Å². The molecule has 2 unspecified atom stereocenters. The lowest BCUT2D eigenvalue weighted by molar-refractivity contribution is 0.141. The highest BCUT2D eigenvalue weighted by Crippen LogP contribution is 2.39. The van der Waals surface area contributed by atoms with Crippen molar-refractivity contribution in [2.24, 2.45) is 0 Å². The number of nitrogens with zero attached hydrogens (tertiary/aromatic N) is 1. The van der Waals surface area contributed by atoms with Gasteiger partial charge in [-0.25, -0.2) is 4.98 Å². The van der Waals surface area contributed by atoms with Crippen LogP contribution in [0.5, 0.6) is 11.6 Å². The van der Waals surface area contributed by atoms with Gasteiger partial charge in [0.1, 0.15) is 5.75 Å². The summed E-state index contributed by atoms with van der Waals surface area (Å²) in [5, 5.41) is 10.5. The predicted molar refractivity (Wildman–Crippen MR) is 79.7 cm³/mol. The zero-order chi connectivity index (χ0) is 14.7. The Balaban J connectivity index is 1.81. The fourth-order valence-corrected chi connectivity index (χ4v) is 2.88. The molecule has 1 aromatic heterocycles. The normalized spacial score (nSPS) is 18.5. The summed E-state index contributed by atoms with van der Waals surface area (Å²) in [5.74, 6) is 1.71. The Morgan fingerprint density at radius 3 is 3.05 bits per heavy atom. The Morgan fingerprint density at radius 2 is 2.19 bits per heavy atom. The van der Waals surface area contributed by atoms with Crippen LogP contribution in [0.1, 0.15) is 36.0 Å². The van der Waals surface area contributed by atoms with Crippen molar-refractivity contribution in [3.63, 3.8) is 0 Å². The summed E-state index contributed by atoms with van der Waals surface area (Å²) in [6, 6.07) is 11.7. The first-order valence-electron chi connectivity index (χ1n) is 7.18. The minimum absolute atomic E-state index is 0.287. The highest BCUT2D eigenvalue weighted by Gasteiger charge is 2.25. The van der Waals surface area contributed by atoms with E-state index in [0.717, 1.165) is 17.7 Å². The molecule has 1 aromatic carbocycles. The van der Waals surface area contributed by atoms with Crippen LogP contribution in [-0.2, 0) is 0 Å². The van der Waals surface area contributed by atoms with Crippen molar-refractivity contribution in [2.45, 2.75) is 24.9 Å². The van der Waals surface area contributed by atoms with E-state index >= 15 is 0 Å². The molecule has 2 heterocycles. The Morgan fingerprint density at radius 1 is 1.33 bits per heavy atom. The minimum atomic E-state index is -0.593. The van der Waals surface area contributed by atoms with Gasteiger partial charge in [0.15, 0.2) is 0 Å². The number of ether oxygens (including phenoxy) is 2. The number of hydrogen-bond donors (Lipinski definition) is 1. The van der Waals surface area contributed by atoms with Gasteiger partial charge in [0.2, 0.25) is 5.88 Å². The van der Waals surface area contributed by atoms with Gasteiger partial charge < -0.3 is 14.6 Å². The van der Waals surface area contributed by atoms with Crippen molar-refractivity contribution in [3.05, 3.63) is 53.7 Å². The zero-order valence-corrected chi connectivity index (χ0v) is 12.0. The van der Waals surface area contributed by atoms with E-state index in [1.54, 1.807) is 13.3 Å². The molecule has 3 rings (SSSR count). The highest BCUT2D eigenvalue weighted by atomic mass is 16.5. The molecule has 0 fully saturated rings. The molecular weight excluding hydrogens is 266 g/mol. The third-order valence-electron chi connectivity index (χ3n) is 3.94. The lowest BCUT2D eigenvalue weighted by atomic mass is 9.87. The SMILES string of the molecule is COc1ncccc1C(O)CC1CCOc2ccccc21. The summed E-state index contributed by atoms with van der Waals surface area (Å²) < 4.78 is 10.9. The number of fused-ring (bicyclic) bond motifs is 1. The molecule has 0 radical (unpaired) electrons. The quantitative estimate of drug-likeness (QED) is 0.938. The number of aliphatic hydroxyl groups is 1. The molecule has 4 heteroatoms. The second kappa shape index (κ2) is 6.14. The molecule has 2 atom stereocenters. The number of hydrogen-bond acceptors (Lipinski definition) is 4. The largest absolute Gasteiger partial charge is 0.493 e. The average molecular weight is 285 g/mol. The van der Waals surface area contributed by atoms with Crippen molar-refractivity contribution in [2.75, 3.05) is 13.7 Å². The number of methoxy groups -OCH3 is 1. The summed E-state index contributed by atoms with van der Waals surface area (Å²) in [6.45, 7) is 0.693. The van der Waals surface area contributed by atoms with Gasteiger partial charge in [-0.15, -0.1) is 0 Å². The fourth-order valence-electron chi connectivity index (χ4n) is 2.88. The van der Waals surface area contributed by atoms with Crippen molar-refractivity contribution in [1.82, 2.24) is 4.98 Å². The molecule has 0 amide bonds. The summed E-state index contributed by atoms with van der Waals surface area (Å²) in [4.78, 5) is 4.15. The third-order valence-corrected chi connectivity index (χ3v) is 3.94. The molecular formula is C17H19NO3.